The molecule has 1 aliphatic carbocycles. The summed E-state index contributed by atoms with van der Waals surface area (Å²) in [5, 5.41) is 0.730. The van der Waals surface area contributed by atoms with Crippen LogP contribution in [0.25, 0.3) is 0 Å². The van der Waals surface area contributed by atoms with Crippen LogP contribution in [0.5, 0.6) is 0 Å². The number of hydrogen-bond acceptors (Lipinski definition) is 4. The summed E-state index contributed by atoms with van der Waals surface area (Å²) in [5.41, 5.74) is 0.616. The molecule has 3 nitrogen and oxygen atoms in total. The minimum absolute atomic E-state index is 0.216. The maximum Gasteiger partial charge on any atom is 0.147 e. The van der Waals surface area contributed by atoms with Crippen molar-refractivity contribution in [1.82, 2.24) is 9.97 Å². The molecule has 0 amide bonds. The lowest BCUT2D eigenvalue weighted by atomic mass is 9.77. The number of hydrogen-bond donors (Lipinski definition) is 0. The largest absolute Gasteiger partial charge is 0.355 e. The second-order valence-corrected chi connectivity index (χ2v) is 8.00. The molecule has 0 N–H and O–H groups in total. The van der Waals surface area contributed by atoms with Gasteiger partial charge in [0, 0.05) is 18.0 Å². The first kappa shape index (κ1) is 15.9. The van der Waals surface area contributed by atoms with E-state index in [9.17, 15) is 4.39 Å². The van der Waals surface area contributed by atoms with Gasteiger partial charge in [-0.15, -0.1) is 0 Å². The van der Waals surface area contributed by atoms with Gasteiger partial charge in [0.05, 0.1) is 12.4 Å². The predicted molar refractivity (Wildman–Crippen MR) is 94.9 cm³/mol. The Morgan fingerprint density at radius 1 is 0.958 bits per heavy atom. The summed E-state index contributed by atoms with van der Waals surface area (Å²) >= 11 is 1.32. The van der Waals surface area contributed by atoms with E-state index in [4.69, 9.17) is 0 Å². The van der Waals surface area contributed by atoms with Crippen molar-refractivity contribution in [2.45, 2.75) is 48.4 Å². The summed E-state index contributed by atoms with van der Waals surface area (Å²) in [7, 11) is 0. The van der Waals surface area contributed by atoms with Gasteiger partial charge in [0.2, 0.25) is 0 Å². The third kappa shape index (κ3) is 3.27. The molecule has 1 aliphatic heterocycles. The van der Waals surface area contributed by atoms with E-state index in [0.29, 0.717) is 10.3 Å². The third-order valence-electron chi connectivity index (χ3n) is 5.48. The number of aromatic nitrogens is 2. The monoisotopic (exact) mass is 343 g/mol. The molecule has 5 heteroatoms. The van der Waals surface area contributed by atoms with Gasteiger partial charge in [-0.05, 0) is 43.2 Å². The van der Waals surface area contributed by atoms with E-state index in [1.165, 1.54) is 56.4 Å². The number of rotatable bonds is 3. The van der Waals surface area contributed by atoms with Crippen LogP contribution in [0.2, 0.25) is 0 Å². The van der Waals surface area contributed by atoms with Gasteiger partial charge in [0.1, 0.15) is 16.7 Å². The number of benzene rings is 1. The average Bonchev–Trinajstić information content (AvgIpc) is 3.07. The van der Waals surface area contributed by atoms with Crippen LogP contribution in [-0.2, 0) is 0 Å². The Balaban J connectivity index is 1.40. The van der Waals surface area contributed by atoms with Crippen molar-refractivity contribution in [3.63, 3.8) is 0 Å². The summed E-state index contributed by atoms with van der Waals surface area (Å²) in [4.78, 5) is 12.0. The summed E-state index contributed by atoms with van der Waals surface area (Å²) in [5.74, 6) is 0.729. The molecule has 0 atom stereocenters. The fourth-order valence-corrected chi connectivity index (χ4v) is 4.75. The van der Waals surface area contributed by atoms with Crippen LogP contribution in [0.4, 0.5) is 10.2 Å². The molecule has 0 unspecified atom stereocenters. The summed E-state index contributed by atoms with van der Waals surface area (Å²) in [6.07, 6.45) is 11.8. The number of halogens is 1. The van der Waals surface area contributed by atoms with Crippen molar-refractivity contribution in [2.24, 2.45) is 5.41 Å². The Morgan fingerprint density at radius 3 is 2.38 bits per heavy atom. The van der Waals surface area contributed by atoms with Gasteiger partial charge in [0.25, 0.3) is 0 Å². The molecule has 126 valence electrons. The lowest BCUT2D eigenvalue weighted by Gasteiger charge is -2.39. The maximum atomic E-state index is 13.7. The van der Waals surface area contributed by atoms with Crippen molar-refractivity contribution in [3.05, 3.63) is 42.5 Å². The third-order valence-corrected chi connectivity index (χ3v) is 6.45. The van der Waals surface area contributed by atoms with Crippen molar-refractivity contribution in [2.75, 3.05) is 18.0 Å². The van der Waals surface area contributed by atoms with Gasteiger partial charge in [-0.2, -0.15) is 0 Å². The Kier molecular flexibility index (Phi) is 4.44. The molecule has 0 radical (unpaired) electrons. The maximum absolute atomic E-state index is 13.7. The zero-order valence-electron chi connectivity index (χ0n) is 13.7. The fourth-order valence-electron chi connectivity index (χ4n) is 4.00. The molecular weight excluding hydrogens is 321 g/mol. The minimum atomic E-state index is -0.216. The van der Waals surface area contributed by atoms with Gasteiger partial charge in [-0.1, -0.05) is 36.7 Å². The second kappa shape index (κ2) is 6.71. The zero-order chi connectivity index (χ0) is 16.4. The molecule has 1 saturated heterocycles. The normalized spacial score (nSPS) is 19.8. The Labute approximate surface area is 146 Å². The highest BCUT2D eigenvalue weighted by molar-refractivity contribution is 7.99. The van der Waals surface area contributed by atoms with Crippen LogP contribution in [0.1, 0.15) is 38.5 Å². The fraction of sp³-hybridized carbons (Fsp3) is 0.474. The van der Waals surface area contributed by atoms with Crippen LogP contribution < -0.4 is 4.90 Å². The second-order valence-electron chi connectivity index (χ2n) is 6.94. The lowest BCUT2D eigenvalue weighted by molar-refractivity contribution is 0.226. The summed E-state index contributed by atoms with van der Waals surface area (Å²) < 4.78 is 13.7. The van der Waals surface area contributed by atoms with Crippen LogP contribution in [-0.4, -0.2) is 23.1 Å². The van der Waals surface area contributed by atoms with Gasteiger partial charge < -0.3 is 4.90 Å². The zero-order valence-corrected chi connectivity index (χ0v) is 14.6. The molecule has 2 aromatic rings. The van der Waals surface area contributed by atoms with Crippen LogP contribution in [0.3, 0.4) is 0 Å². The van der Waals surface area contributed by atoms with Gasteiger partial charge >= 0.3 is 0 Å². The average molecular weight is 343 g/mol. The minimum Gasteiger partial charge on any atom is -0.355 e. The highest BCUT2D eigenvalue weighted by Gasteiger charge is 2.37. The first-order valence-corrected chi connectivity index (χ1v) is 9.55. The molecular formula is C19H22FN3S. The van der Waals surface area contributed by atoms with E-state index < -0.39 is 0 Å². The molecule has 0 bridgehead atoms. The first-order valence-electron chi connectivity index (χ1n) is 8.74. The Morgan fingerprint density at radius 2 is 1.71 bits per heavy atom. The summed E-state index contributed by atoms with van der Waals surface area (Å²) in [6, 6.07) is 6.76. The number of piperidine rings is 1. The highest BCUT2D eigenvalue weighted by atomic mass is 32.2. The molecule has 2 heterocycles. The molecule has 24 heavy (non-hydrogen) atoms. The number of nitrogens with zero attached hydrogens (tertiary/aromatic N) is 3. The number of anilines is 1. The molecule has 2 fully saturated rings. The molecule has 1 spiro atoms. The highest BCUT2D eigenvalue weighted by Crippen LogP contribution is 2.46. The van der Waals surface area contributed by atoms with Crippen LogP contribution >= 0.6 is 11.8 Å². The van der Waals surface area contributed by atoms with Gasteiger partial charge in [-0.25, -0.2) is 14.4 Å². The molecule has 1 saturated carbocycles. The van der Waals surface area contributed by atoms with Crippen LogP contribution in [0.15, 0.2) is 46.6 Å². The van der Waals surface area contributed by atoms with E-state index in [1.54, 1.807) is 18.3 Å². The quantitative estimate of drug-likeness (QED) is 0.790. The van der Waals surface area contributed by atoms with E-state index in [2.05, 4.69) is 14.9 Å². The van der Waals surface area contributed by atoms with E-state index in [-0.39, 0.29) is 5.82 Å². The lowest BCUT2D eigenvalue weighted by Crippen LogP contribution is -2.39. The SMILES string of the molecule is Fc1ccccc1Sc1cnc(N2CCC3(CCCC3)CC2)cn1. The topological polar surface area (TPSA) is 29.0 Å². The first-order chi connectivity index (χ1) is 11.7. The molecule has 4 rings (SSSR count). The van der Waals surface area contributed by atoms with Gasteiger partial charge in [-0.3, -0.25) is 0 Å². The van der Waals surface area contributed by atoms with Crippen molar-refractivity contribution in [1.29, 1.82) is 0 Å². The van der Waals surface area contributed by atoms with Crippen molar-refractivity contribution in [3.8, 4) is 0 Å². The summed E-state index contributed by atoms with van der Waals surface area (Å²) in [6.45, 7) is 2.16. The Bertz CT molecular complexity index is 688. The van der Waals surface area contributed by atoms with E-state index >= 15 is 0 Å². The molecule has 2 aliphatic rings. The Hall–Kier alpha value is -1.62. The predicted octanol–water partition coefficient (Wildman–Crippen LogP) is 4.93. The van der Waals surface area contributed by atoms with Crippen LogP contribution in [0, 0.1) is 11.2 Å². The molecule has 1 aromatic heterocycles. The van der Waals surface area contributed by atoms with Crippen molar-refractivity contribution < 1.29 is 4.39 Å². The van der Waals surface area contributed by atoms with E-state index in [1.807, 2.05) is 12.3 Å². The van der Waals surface area contributed by atoms with Crippen molar-refractivity contribution >= 4 is 17.6 Å². The smallest absolute Gasteiger partial charge is 0.147 e. The molecule has 1 aromatic carbocycles. The standard InChI is InChI=1S/C19H22FN3S/c20-15-5-1-2-6-16(15)24-18-14-21-17(13-22-18)23-11-9-19(10-12-23)7-3-4-8-19/h1-2,5-6,13-14H,3-4,7-12H2. The van der Waals surface area contributed by atoms with Gasteiger partial charge in [0.15, 0.2) is 0 Å². The van der Waals surface area contributed by atoms with E-state index in [0.717, 1.165) is 23.9 Å².